The monoisotopic (exact) mass is 381 g/mol. The van der Waals surface area contributed by atoms with Gasteiger partial charge in [0, 0.05) is 32.2 Å². The number of nitrogens with zero attached hydrogens (tertiary/aromatic N) is 2. The quantitative estimate of drug-likeness (QED) is 0.606. The molecule has 28 heavy (non-hydrogen) atoms. The molecule has 1 N–H and O–H groups in total. The van der Waals surface area contributed by atoms with E-state index in [1.165, 1.54) is 24.1 Å². The van der Waals surface area contributed by atoms with Gasteiger partial charge in [-0.05, 0) is 35.4 Å². The van der Waals surface area contributed by atoms with Gasteiger partial charge in [0.05, 0.1) is 4.92 Å². The van der Waals surface area contributed by atoms with Gasteiger partial charge in [0.15, 0.2) is 0 Å². The van der Waals surface area contributed by atoms with Crippen LogP contribution in [0.25, 0.3) is 0 Å². The van der Waals surface area contributed by atoms with Crippen LogP contribution in [0.2, 0.25) is 0 Å². The lowest BCUT2D eigenvalue weighted by Crippen LogP contribution is -2.38. The fourth-order valence-corrected chi connectivity index (χ4v) is 4.04. The third-order valence-corrected chi connectivity index (χ3v) is 5.17. The Labute approximate surface area is 165 Å². The van der Waals surface area contributed by atoms with Crippen molar-refractivity contribution in [2.24, 2.45) is 11.8 Å². The number of nitrogens with one attached hydrogen (secondary N) is 1. The summed E-state index contributed by atoms with van der Waals surface area (Å²) >= 11 is 0. The Morgan fingerprint density at radius 3 is 2.32 bits per heavy atom. The van der Waals surface area contributed by atoms with Crippen LogP contribution in [0.4, 0.5) is 5.69 Å². The summed E-state index contributed by atoms with van der Waals surface area (Å²) in [7, 11) is 0. The van der Waals surface area contributed by atoms with Gasteiger partial charge in [-0.25, -0.2) is 0 Å². The number of hydrogen-bond acceptors (Lipinski definition) is 4. The molecular formula is C22H27N3O3. The van der Waals surface area contributed by atoms with E-state index in [0.29, 0.717) is 6.54 Å². The highest BCUT2D eigenvalue weighted by molar-refractivity contribution is 5.98. The van der Waals surface area contributed by atoms with Gasteiger partial charge in [0.1, 0.15) is 5.56 Å². The summed E-state index contributed by atoms with van der Waals surface area (Å²) in [6, 6.07) is 14.2. The second-order valence-electron chi connectivity index (χ2n) is 7.91. The van der Waals surface area contributed by atoms with E-state index in [9.17, 15) is 14.9 Å². The molecule has 2 atom stereocenters. The second kappa shape index (κ2) is 8.97. The smallest absolute Gasteiger partial charge is 0.282 e. The number of nitro groups is 1. The summed E-state index contributed by atoms with van der Waals surface area (Å²) in [6.07, 6.45) is 1.30. The Morgan fingerprint density at radius 1 is 1.07 bits per heavy atom. The zero-order valence-corrected chi connectivity index (χ0v) is 16.4. The van der Waals surface area contributed by atoms with Crippen LogP contribution < -0.4 is 5.32 Å². The largest absolute Gasteiger partial charge is 0.348 e. The van der Waals surface area contributed by atoms with Crippen molar-refractivity contribution in [2.45, 2.75) is 33.4 Å². The maximum Gasteiger partial charge on any atom is 0.282 e. The van der Waals surface area contributed by atoms with Crippen molar-refractivity contribution in [1.82, 2.24) is 10.2 Å². The standard InChI is InChI=1S/C22H27N3O3/c1-16-11-17(2)14-24(13-16)15-19-9-7-18(8-10-19)12-23-22(26)20-5-3-4-6-21(20)25(27)28/h3-10,16-17H,11-15H2,1-2H3,(H,23,26). The first-order valence-corrected chi connectivity index (χ1v) is 9.74. The van der Waals surface area contributed by atoms with Crippen molar-refractivity contribution < 1.29 is 9.72 Å². The molecule has 2 unspecified atom stereocenters. The molecule has 1 aliphatic heterocycles. The Bertz CT molecular complexity index is 825. The number of amides is 1. The van der Waals surface area contributed by atoms with E-state index in [1.807, 2.05) is 12.1 Å². The number of benzene rings is 2. The van der Waals surface area contributed by atoms with Crippen LogP contribution in [-0.4, -0.2) is 28.8 Å². The van der Waals surface area contributed by atoms with Crippen molar-refractivity contribution >= 4 is 11.6 Å². The number of nitro benzene ring substituents is 1. The van der Waals surface area contributed by atoms with Crippen LogP contribution in [0.1, 0.15) is 41.8 Å². The van der Waals surface area contributed by atoms with Crippen LogP contribution in [0.3, 0.4) is 0 Å². The minimum atomic E-state index is -0.536. The highest BCUT2D eigenvalue weighted by Gasteiger charge is 2.22. The molecule has 0 radical (unpaired) electrons. The van der Waals surface area contributed by atoms with E-state index in [1.54, 1.807) is 12.1 Å². The zero-order chi connectivity index (χ0) is 20.1. The average molecular weight is 381 g/mol. The molecule has 6 nitrogen and oxygen atoms in total. The maximum absolute atomic E-state index is 12.3. The van der Waals surface area contributed by atoms with Crippen LogP contribution in [0.5, 0.6) is 0 Å². The Hall–Kier alpha value is -2.73. The fourth-order valence-electron chi connectivity index (χ4n) is 4.04. The van der Waals surface area contributed by atoms with E-state index in [-0.39, 0.29) is 11.3 Å². The van der Waals surface area contributed by atoms with Crippen molar-refractivity contribution in [2.75, 3.05) is 13.1 Å². The minimum absolute atomic E-state index is 0.0810. The van der Waals surface area contributed by atoms with Crippen molar-refractivity contribution in [3.63, 3.8) is 0 Å². The van der Waals surface area contributed by atoms with Crippen molar-refractivity contribution in [3.8, 4) is 0 Å². The first-order chi connectivity index (χ1) is 13.4. The molecule has 1 saturated heterocycles. The molecule has 1 heterocycles. The summed E-state index contributed by atoms with van der Waals surface area (Å²) < 4.78 is 0. The fraction of sp³-hybridized carbons (Fsp3) is 0.409. The van der Waals surface area contributed by atoms with Crippen LogP contribution >= 0.6 is 0 Å². The lowest BCUT2D eigenvalue weighted by atomic mass is 9.91. The van der Waals surface area contributed by atoms with Crippen LogP contribution in [0.15, 0.2) is 48.5 Å². The molecule has 2 aromatic rings. The summed E-state index contributed by atoms with van der Waals surface area (Å²) in [6.45, 7) is 8.17. The van der Waals surface area contributed by atoms with E-state index in [2.05, 4.69) is 36.2 Å². The lowest BCUT2D eigenvalue weighted by molar-refractivity contribution is -0.385. The normalized spacial score (nSPS) is 19.9. The van der Waals surface area contributed by atoms with Crippen LogP contribution in [-0.2, 0) is 13.1 Å². The number of hydrogen-bond donors (Lipinski definition) is 1. The van der Waals surface area contributed by atoms with Crippen molar-refractivity contribution in [3.05, 3.63) is 75.3 Å². The second-order valence-corrected chi connectivity index (χ2v) is 7.91. The number of para-hydroxylation sites is 1. The summed E-state index contributed by atoms with van der Waals surface area (Å²) in [5.74, 6) is 1.04. The highest BCUT2D eigenvalue weighted by Crippen LogP contribution is 2.22. The molecule has 1 amide bonds. The van der Waals surface area contributed by atoms with Gasteiger partial charge in [0.25, 0.3) is 11.6 Å². The SMILES string of the molecule is CC1CC(C)CN(Cc2ccc(CNC(=O)c3ccccc3[N+](=O)[O-])cc2)C1. The molecule has 0 bridgehead atoms. The summed E-state index contributed by atoms with van der Waals surface area (Å²) in [5, 5.41) is 13.8. The van der Waals surface area contributed by atoms with Gasteiger partial charge in [-0.3, -0.25) is 19.8 Å². The topological polar surface area (TPSA) is 75.5 Å². The third-order valence-electron chi connectivity index (χ3n) is 5.17. The number of likely N-dealkylation sites (tertiary alicyclic amines) is 1. The van der Waals surface area contributed by atoms with E-state index in [0.717, 1.165) is 37.0 Å². The van der Waals surface area contributed by atoms with Gasteiger partial charge < -0.3 is 5.32 Å². The van der Waals surface area contributed by atoms with Crippen LogP contribution in [0, 0.1) is 22.0 Å². The molecule has 1 aliphatic rings. The molecular weight excluding hydrogens is 354 g/mol. The van der Waals surface area contributed by atoms with Gasteiger partial charge in [0.2, 0.25) is 0 Å². The minimum Gasteiger partial charge on any atom is -0.348 e. The van der Waals surface area contributed by atoms with Gasteiger partial charge in [-0.1, -0.05) is 50.2 Å². The first-order valence-electron chi connectivity index (χ1n) is 9.74. The Kier molecular flexibility index (Phi) is 6.41. The molecule has 0 spiro atoms. The number of carbonyl (C=O) groups excluding carboxylic acids is 1. The highest BCUT2D eigenvalue weighted by atomic mass is 16.6. The Morgan fingerprint density at radius 2 is 1.68 bits per heavy atom. The first kappa shape index (κ1) is 20.0. The zero-order valence-electron chi connectivity index (χ0n) is 16.4. The van der Waals surface area contributed by atoms with Gasteiger partial charge in [-0.15, -0.1) is 0 Å². The maximum atomic E-state index is 12.3. The average Bonchev–Trinajstić information content (AvgIpc) is 2.66. The van der Waals surface area contributed by atoms with Crippen molar-refractivity contribution in [1.29, 1.82) is 0 Å². The number of rotatable bonds is 6. The molecule has 0 aliphatic carbocycles. The van der Waals surface area contributed by atoms with E-state index >= 15 is 0 Å². The van der Waals surface area contributed by atoms with E-state index < -0.39 is 10.8 Å². The number of carbonyl (C=O) groups is 1. The van der Waals surface area contributed by atoms with Gasteiger partial charge in [-0.2, -0.15) is 0 Å². The molecule has 6 heteroatoms. The van der Waals surface area contributed by atoms with E-state index in [4.69, 9.17) is 0 Å². The predicted molar refractivity (Wildman–Crippen MR) is 109 cm³/mol. The molecule has 0 saturated carbocycles. The molecule has 2 aromatic carbocycles. The summed E-state index contributed by atoms with van der Waals surface area (Å²) in [4.78, 5) is 25.3. The molecule has 1 fully saturated rings. The Balaban J connectivity index is 1.56. The lowest BCUT2D eigenvalue weighted by Gasteiger charge is -2.35. The third kappa shape index (κ3) is 5.16. The number of piperidine rings is 1. The summed E-state index contributed by atoms with van der Waals surface area (Å²) in [5.41, 5.74) is 2.13. The van der Waals surface area contributed by atoms with Gasteiger partial charge >= 0.3 is 0 Å². The molecule has 0 aromatic heterocycles. The predicted octanol–water partition coefficient (Wildman–Crippen LogP) is 4.00. The molecule has 3 rings (SSSR count). The molecule has 148 valence electrons.